The minimum atomic E-state index is -1.67. The van der Waals surface area contributed by atoms with Gasteiger partial charge in [0, 0.05) is 5.41 Å². The third kappa shape index (κ3) is 1.27. The van der Waals surface area contributed by atoms with Crippen molar-refractivity contribution in [2.45, 2.75) is 70.4 Å². The number of hydrogen-bond acceptors (Lipinski definition) is 4. The van der Waals surface area contributed by atoms with Gasteiger partial charge in [0.1, 0.15) is 23.4 Å². The standard InChI is InChI=1S/C15H24O5/c1-12(2)6-5-7-13(3)8(11(17)18)14(4,19)9(16)10-15(12,13)20-10/h8-10,16,19H,5-7H2,1-4H3,(H,17,18)/t8-,9+,10-,13-,14+,15+/m1/s1. The van der Waals surface area contributed by atoms with Gasteiger partial charge in [-0.1, -0.05) is 27.2 Å². The highest BCUT2D eigenvalue weighted by molar-refractivity contribution is 5.74. The smallest absolute Gasteiger partial charge is 0.310 e. The average molecular weight is 284 g/mol. The minimum absolute atomic E-state index is 0.199. The third-order valence-corrected chi connectivity index (χ3v) is 6.36. The van der Waals surface area contributed by atoms with Crippen LogP contribution in [0, 0.1) is 16.7 Å². The van der Waals surface area contributed by atoms with E-state index in [1.807, 2.05) is 6.92 Å². The molecule has 5 heteroatoms. The van der Waals surface area contributed by atoms with E-state index in [4.69, 9.17) is 4.74 Å². The molecule has 1 saturated heterocycles. The summed E-state index contributed by atoms with van der Waals surface area (Å²) in [6, 6.07) is 0. The Morgan fingerprint density at radius 1 is 1.20 bits per heavy atom. The fraction of sp³-hybridized carbons (Fsp3) is 0.933. The average Bonchev–Trinajstić information content (AvgIpc) is 3.00. The largest absolute Gasteiger partial charge is 0.481 e. The Morgan fingerprint density at radius 2 is 1.80 bits per heavy atom. The van der Waals surface area contributed by atoms with Gasteiger partial charge >= 0.3 is 5.97 Å². The van der Waals surface area contributed by atoms with Gasteiger partial charge in [0.15, 0.2) is 0 Å². The monoisotopic (exact) mass is 284 g/mol. The lowest BCUT2D eigenvalue weighted by Gasteiger charge is -2.58. The Balaban J connectivity index is 2.18. The van der Waals surface area contributed by atoms with Gasteiger partial charge in [-0.25, -0.2) is 0 Å². The van der Waals surface area contributed by atoms with Crippen molar-refractivity contribution in [3.8, 4) is 0 Å². The highest BCUT2D eigenvalue weighted by atomic mass is 16.6. The predicted molar refractivity (Wildman–Crippen MR) is 71.1 cm³/mol. The number of carboxylic acid groups (broad SMARTS) is 1. The van der Waals surface area contributed by atoms with E-state index in [9.17, 15) is 20.1 Å². The van der Waals surface area contributed by atoms with Crippen molar-refractivity contribution in [3.05, 3.63) is 0 Å². The quantitative estimate of drug-likeness (QED) is 0.629. The fourth-order valence-electron chi connectivity index (χ4n) is 5.50. The van der Waals surface area contributed by atoms with Crippen molar-refractivity contribution < 1.29 is 24.9 Å². The summed E-state index contributed by atoms with van der Waals surface area (Å²) >= 11 is 0. The Kier molecular flexibility index (Phi) is 2.55. The Bertz CT molecular complexity index is 471. The molecule has 0 unspecified atom stereocenters. The predicted octanol–water partition coefficient (Wildman–Crippen LogP) is 1.17. The van der Waals surface area contributed by atoms with Gasteiger partial charge in [0.05, 0.1) is 5.92 Å². The molecule has 2 aliphatic carbocycles. The molecule has 3 rings (SSSR count). The summed E-state index contributed by atoms with van der Waals surface area (Å²) in [5.74, 6) is -2.08. The molecule has 6 atom stereocenters. The maximum absolute atomic E-state index is 11.8. The number of carboxylic acids is 1. The molecule has 3 N–H and O–H groups in total. The molecule has 114 valence electrons. The minimum Gasteiger partial charge on any atom is -0.481 e. The van der Waals surface area contributed by atoms with E-state index in [0.29, 0.717) is 6.42 Å². The summed E-state index contributed by atoms with van der Waals surface area (Å²) in [6.07, 6.45) is 0.937. The number of epoxide rings is 1. The second kappa shape index (κ2) is 3.57. The number of aliphatic hydroxyl groups is 2. The van der Waals surface area contributed by atoms with Crippen molar-refractivity contribution in [1.82, 2.24) is 0 Å². The van der Waals surface area contributed by atoms with Crippen LogP contribution in [0.15, 0.2) is 0 Å². The van der Waals surface area contributed by atoms with Crippen LogP contribution < -0.4 is 0 Å². The molecule has 0 aromatic heterocycles. The molecule has 0 aromatic carbocycles. The van der Waals surface area contributed by atoms with Crippen LogP contribution in [0.3, 0.4) is 0 Å². The van der Waals surface area contributed by atoms with Crippen LogP contribution in [0.1, 0.15) is 47.0 Å². The molecule has 20 heavy (non-hydrogen) atoms. The molecule has 2 saturated carbocycles. The maximum atomic E-state index is 11.8. The van der Waals surface area contributed by atoms with Gasteiger partial charge in [-0.05, 0) is 25.2 Å². The van der Waals surface area contributed by atoms with Crippen LogP contribution in [-0.2, 0) is 9.53 Å². The van der Waals surface area contributed by atoms with Crippen molar-refractivity contribution in [2.75, 3.05) is 0 Å². The molecular formula is C15H24O5. The maximum Gasteiger partial charge on any atom is 0.310 e. The zero-order valence-electron chi connectivity index (χ0n) is 12.5. The van der Waals surface area contributed by atoms with Crippen LogP contribution >= 0.6 is 0 Å². The zero-order valence-corrected chi connectivity index (χ0v) is 12.5. The van der Waals surface area contributed by atoms with Crippen LogP contribution in [-0.4, -0.2) is 44.7 Å². The molecule has 0 aromatic rings. The third-order valence-electron chi connectivity index (χ3n) is 6.36. The lowest BCUT2D eigenvalue weighted by molar-refractivity contribution is -0.207. The van der Waals surface area contributed by atoms with Gasteiger partial charge < -0.3 is 20.1 Å². The van der Waals surface area contributed by atoms with Crippen LogP contribution in [0.4, 0.5) is 0 Å². The van der Waals surface area contributed by atoms with E-state index in [-0.39, 0.29) is 5.41 Å². The number of rotatable bonds is 1. The summed E-state index contributed by atoms with van der Waals surface area (Å²) in [7, 11) is 0. The summed E-state index contributed by atoms with van der Waals surface area (Å²) in [6.45, 7) is 7.49. The summed E-state index contributed by atoms with van der Waals surface area (Å²) in [5.41, 5.74) is -3.16. The molecule has 1 spiro atoms. The number of ether oxygens (including phenoxy) is 1. The van der Waals surface area contributed by atoms with Crippen molar-refractivity contribution >= 4 is 5.97 Å². The highest BCUT2D eigenvalue weighted by Crippen LogP contribution is 2.73. The molecular weight excluding hydrogens is 260 g/mol. The second-order valence-electron chi connectivity index (χ2n) is 7.87. The zero-order chi connectivity index (χ0) is 15.1. The number of aliphatic hydroxyl groups excluding tert-OH is 1. The molecule has 3 fully saturated rings. The van der Waals surface area contributed by atoms with Gasteiger partial charge in [-0.3, -0.25) is 4.79 Å². The van der Waals surface area contributed by atoms with E-state index in [0.717, 1.165) is 12.8 Å². The number of aliphatic carboxylic acids is 1. The van der Waals surface area contributed by atoms with Crippen molar-refractivity contribution in [3.63, 3.8) is 0 Å². The first-order valence-corrected chi connectivity index (χ1v) is 7.33. The van der Waals surface area contributed by atoms with Crippen LogP contribution in [0.25, 0.3) is 0 Å². The lowest BCUT2D eigenvalue weighted by atomic mass is 9.44. The Labute approximate surface area is 118 Å². The summed E-state index contributed by atoms with van der Waals surface area (Å²) < 4.78 is 5.94. The molecule has 1 heterocycles. The van der Waals surface area contributed by atoms with E-state index in [1.54, 1.807) is 0 Å². The first kappa shape index (κ1) is 14.3. The van der Waals surface area contributed by atoms with Gasteiger partial charge in [-0.15, -0.1) is 0 Å². The van der Waals surface area contributed by atoms with Crippen molar-refractivity contribution in [2.24, 2.45) is 16.7 Å². The summed E-state index contributed by atoms with van der Waals surface area (Å²) in [5, 5.41) is 30.7. The SMILES string of the molecule is CC1(C)CCC[C@]2(C)[C@@H](C(=O)O)[C@](C)(O)[C@@H](O)[C@H]3O[C@@]312. The van der Waals surface area contributed by atoms with Crippen LogP contribution in [0.5, 0.6) is 0 Å². The van der Waals surface area contributed by atoms with E-state index >= 15 is 0 Å². The Hall–Kier alpha value is -0.650. The lowest BCUT2D eigenvalue weighted by Crippen LogP contribution is -2.70. The van der Waals surface area contributed by atoms with E-state index in [2.05, 4.69) is 13.8 Å². The van der Waals surface area contributed by atoms with Gasteiger partial charge in [0.25, 0.3) is 0 Å². The topological polar surface area (TPSA) is 90.3 Å². The fourth-order valence-corrected chi connectivity index (χ4v) is 5.50. The van der Waals surface area contributed by atoms with Crippen LogP contribution in [0.2, 0.25) is 0 Å². The number of hydrogen-bond donors (Lipinski definition) is 3. The summed E-state index contributed by atoms with van der Waals surface area (Å²) in [4.78, 5) is 11.8. The molecule has 0 bridgehead atoms. The molecule has 5 nitrogen and oxygen atoms in total. The molecule has 0 radical (unpaired) electrons. The number of carbonyl (C=O) groups is 1. The molecule has 0 amide bonds. The second-order valence-corrected chi connectivity index (χ2v) is 7.87. The highest BCUT2D eigenvalue weighted by Gasteiger charge is 2.84. The van der Waals surface area contributed by atoms with Gasteiger partial charge in [0.2, 0.25) is 0 Å². The van der Waals surface area contributed by atoms with E-state index in [1.165, 1.54) is 6.92 Å². The first-order valence-electron chi connectivity index (χ1n) is 7.33. The Morgan fingerprint density at radius 3 is 2.35 bits per heavy atom. The van der Waals surface area contributed by atoms with Crippen molar-refractivity contribution in [1.29, 1.82) is 0 Å². The molecule has 1 aliphatic heterocycles. The van der Waals surface area contributed by atoms with Gasteiger partial charge in [-0.2, -0.15) is 0 Å². The first-order chi connectivity index (χ1) is 9.02. The van der Waals surface area contributed by atoms with E-state index < -0.39 is 40.7 Å². The molecule has 3 aliphatic rings. The normalized spacial score (nSPS) is 56.6.